The van der Waals surface area contributed by atoms with Crippen molar-refractivity contribution in [1.82, 2.24) is 0 Å². The number of hydrazone groups is 1. The van der Waals surface area contributed by atoms with Gasteiger partial charge in [0.2, 0.25) is 0 Å². The van der Waals surface area contributed by atoms with Gasteiger partial charge in [-0.05, 0) is 80.6 Å². The molecule has 0 bridgehead atoms. The monoisotopic (exact) mass is 502 g/mol. The summed E-state index contributed by atoms with van der Waals surface area (Å²) in [7, 11) is -2.06. The fourth-order valence-electron chi connectivity index (χ4n) is 8.24. The standard InChI is InChI=1S/C28H43FN2O3Si/c1-17-13-22-21-10-9-19-14-20(31-30)11-12-25(19,6)27(21,29)18(2)15-26(22)28(17,34-26)23(32)16-33-35(7,8)24(3,4)5/h11-12,14,17-18,21-22H,9-10,13,15-16,30H2,1-8H3/b31-20+/t17-,18+,21+,22+,25+,26-,27-,28+/m1/s1. The number of carbonyl (C=O) groups excluding carboxylic acids is 1. The highest BCUT2D eigenvalue weighted by Crippen LogP contribution is 2.77. The first-order valence-electron chi connectivity index (χ1n) is 13.4. The third-order valence-electron chi connectivity index (χ3n) is 11.2. The van der Waals surface area contributed by atoms with Gasteiger partial charge in [-0.3, -0.25) is 4.79 Å². The lowest BCUT2D eigenvalue weighted by molar-refractivity contribution is -0.143. The van der Waals surface area contributed by atoms with Crippen LogP contribution in [0.15, 0.2) is 28.9 Å². The van der Waals surface area contributed by atoms with Gasteiger partial charge in [0, 0.05) is 11.3 Å². The zero-order valence-corrected chi connectivity index (χ0v) is 23.7. The molecule has 5 rings (SSSR count). The van der Waals surface area contributed by atoms with Gasteiger partial charge in [-0.25, -0.2) is 4.39 Å². The van der Waals surface area contributed by atoms with E-state index in [1.165, 1.54) is 0 Å². The molecule has 0 aromatic heterocycles. The zero-order valence-electron chi connectivity index (χ0n) is 22.7. The minimum Gasteiger partial charge on any atom is -0.409 e. The number of hydrogen-bond donors (Lipinski definition) is 1. The average Bonchev–Trinajstić information content (AvgIpc) is 3.38. The van der Waals surface area contributed by atoms with Crippen LogP contribution in [0.1, 0.15) is 67.2 Å². The quantitative estimate of drug-likeness (QED) is 0.231. The van der Waals surface area contributed by atoms with E-state index in [0.717, 1.165) is 24.8 Å². The summed E-state index contributed by atoms with van der Waals surface area (Å²) in [5.41, 5.74) is -1.66. The Balaban J connectivity index is 1.45. The molecular formula is C28H43FN2O3Si. The number of ketones is 1. The summed E-state index contributed by atoms with van der Waals surface area (Å²) >= 11 is 0. The normalized spacial score (nSPS) is 47.5. The van der Waals surface area contributed by atoms with Crippen LogP contribution in [0.2, 0.25) is 18.1 Å². The Labute approximate surface area is 210 Å². The first-order chi connectivity index (χ1) is 16.1. The maximum atomic E-state index is 17.6. The lowest BCUT2D eigenvalue weighted by Crippen LogP contribution is -2.64. The molecule has 1 saturated heterocycles. The number of epoxide rings is 1. The van der Waals surface area contributed by atoms with Crippen molar-refractivity contribution in [2.45, 2.75) is 102 Å². The number of rotatable bonds is 4. The molecule has 5 aliphatic rings. The van der Waals surface area contributed by atoms with Gasteiger partial charge in [0.1, 0.15) is 11.3 Å². The third kappa shape index (κ3) is 2.98. The molecule has 0 radical (unpaired) electrons. The fourth-order valence-corrected chi connectivity index (χ4v) is 9.17. The van der Waals surface area contributed by atoms with E-state index in [-0.39, 0.29) is 41.1 Å². The summed E-state index contributed by atoms with van der Waals surface area (Å²) in [5.74, 6) is 5.34. The van der Waals surface area contributed by atoms with Crippen LogP contribution < -0.4 is 5.84 Å². The van der Waals surface area contributed by atoms with Gasteiger partial charge in [0.15, 0.2) is 19.7 Å². The number of ether oxygens (including phenoxy) is 1. The molecule has 5 nitrogen and oxygen atoms in total. The summed E-state index contributed by atoms with van der Waals surface area (Å²) in [5, 5.41) is 3.88. The molecular weight excluding hydrogens is 459 g/mol. The average molecular weight is 503 g/mol. The predicted octanol–water partition coefficient (Wildman–Crippen LogP) is 5.72. The van der Waals surface area contributed by atoms with Crippen LogP contribution in [0.25, 0.3) is 0 Å². The van der Waals surface area contributed by atoms with Crippen LogP contribution in [0.3, 0.4) is 0 Å². The Morgan fingerprint density at radius 1 is 1.29 bits per heavy atom. The number of Topliss-reactive ketones (excluding diaryl/α,β-unsaturated/α-hetero) is 1. The van der Waals surface area contributed by atoms with Crippen molar-refractivity contribution in [3.05, 3.63) is 23.8 Å². The molecule has 194 valence electrons. The number of halogens is 1. The maximum Gasteiger partial charge on any atom is 0.192 e. The summed E-state index contributed by atoms with van der Waals surface area (Å²) in [6.07, 6.45) is 8.83. The fraction of sp³-hybridized carbons (Fsp3) is 0.786. The highest BCUT2D eigenvalue weighted by atomic mass is 28.4. The molecule has 3 saturated carbocycles. The van der Waals surface area contributed by atoms with Crippen LogP contribution in [0, 0.1) is 29.1 Å². The van der Waals surface area contributed by atoms with Crippen molar-refractivity contribution in [3.63, 3.8) is 0 Å². The number of fused-ring (bicyclic) bond motifs is 4. The third-order valence-corrected chi connectivity index (χ3v) is 15.7. The van der Waals surface area contributed by atoms with Crippen molar-refractivity contribution >= 4 is 19.8 Å². The highest BCUT2D eigenvalue weighted by Gasteiger charge is 2.87. The molecule has 8 atom stereocenters. The molecule has 0 aromatic carbocycles. The van der Waals surface area contributed by atoms with E-state index in [9.17, 15) is 4.79 Å². The van der Waals surface area contributed by atoms with Gasteiger partial charge in [-0.15, -0.1) is 0 Å². The second-order valence-corrected chi connectivity index (χ2v) is 18.5. The first kappa shape index (κ1) is 25.3. The number of carbonyl (C=O) groups is 1. The van der Waals surface area contributed by atoms with Crippen molar-refractivity contribution in [3.8, 4) is 0 Å². The number of nitrogens with zero attached hydrogens (tertiary/aromatic N) is 1. The van der Waals surface area contributed by atoms with E-state index in [4.69, 9.17) is 15.0 Å². The van der Waals surface area contributed by atoms with Gasteiger partial charge in [-0.1, -0.05) is 46.3 Å². The Morgan fingerprint density at radius 3 is 2.60 bits per heavy atom. The molecule has 1 aliphatic heterocycles. The maximum absolute atomic E-state index is 17.6. The smallest absolute Gasteiger partial charge is 0.192 e. The van der Waals surface area contributed by atoms with Crippen LogP contribution in [-0.4, -0.2) is 43.3 Å². The first-order valence-corrected chi connectivity index (χ1v) is 16.3. The summed E-state index contributed by atoms with van der Waals surface area (Å²) in [6, 6.07) is 0. The minimum atomic E-state index is -2.06. The second-order valence-electron chi connectivity index (χ2n) is 13.7. The van der Waals surface area contributed by atoms with E-state index in [1.807, 2.05) is 32.1 Å². The Bertz CT molecular complexity index is 1050. The van der Waals surface area contributed by atoms with E-state index >= 15 is 4.39 Å². The van der Waals surface area contributed by atoms with E-state index in [0.29, 0.717) is 12.1 Å². The molecule has 0 aromatic rings. The predicted molar refractivity (Wildman–Crippen MR) is 139 cm³/mol. The Kier molecular flexibility index (Phi) is 5.34. The van der Waals surface area contributed by atoms with Crippen molar-refractivity contribution in [2.24, 2.45) is 40.0 Å². The molecule has 0 amide bonds. The molecule has 1 spiro atoms. The molecule has 7 heteroatoms. The summed E-state index contributed by atoms with van der Waals surface area (Å²) in [4.78, 5) is 13.8. The summed E-state index contributed by atoms with van der Waals surface area (Å²) < 4.78 is 30.5. The largest absolute Gasteiger partial charge is 0.409 e. The van der Waals surface area contributed by atoms with Gasteiger partial charge >= 0.3 is 0 Å². The molecule has 2 N–H and O–H groups in total. The minimum absolute atomic E-state index is 0.0365. The van der Waals surface area contributed by atoms with E-state index in [1.54, 1.807) is 0 Å². The van der Waals surface area contributed by atoms with Gasteiger partial charge in [0.25, 0.3) is 0 Å². The number of alkyl halides is 1. The lowest BCUT2D eigenvalue weighted by atomic mass is 9.46. The number of nitrogens with two attached hydrogens (primary N) is 1. The van der Waals surface area contributed by atoms with Crippen LogP contribution in [0.4, 0.5) is 4.39 Å². The topological polar surface area (TPSA) is 77.2 Å². The van der Waals surface area contributed by atoms with Crippen molar-refractivity contribution in [1.29, 1.82) is 0 Å². The van der Waals surface area contributed by atoms with Crippen LogP contribution in [-0.2, 0) is 14.0 Å². The lowest BCUT2D eigenvalue weighted by Gasteiger charge is -2.60. The van der Waals surface area contributed by atoms with Gasteiger partial charge in [-0.2, -0.15) is 5.10 Å². The SMILES string of the molecule is C[C@@H]1C[C@H]2[C@@H]3CCC4=C/C(=N/N)C=C[C@]4(C)[C@@]3(F)[C@@H](C)C[C@@]23O[C@]13C(=O)CO[Si](C)(C)C(C)(C)C. The zero-order chi connectivity index (χ0) is 25.8. The molecule has 4 fully saturated rings. The van der Waals surface area contributed by atoms with Gasteiger partial charge in [0.05, 0.1) is 12.3 Å². The summed E-state index contributed by atoms with van der Waals surface area (Å²) in [6.45, 7) is 17.2. The Hall–Kier alpha value is -1.31. The van der Waals surface area contributed by atoms with Crippen molar-refractivity contribution in [2.75, 3.05) is 6.61 Å². The number of allylic oxidation sites excluding steroid dienone is 4. The van der Waals surface area contributed by atoms with Crippen molar-refractivity contribution < 1.29 is 18.3 Å². The van der Waals surface area contributed by atoms with Crippen LogP contribution in [0.5, 0.6) is 0 Å². The van der Waals surface area contributed by atoms with Gasteiger partial charge < -0.3 is 15.0 Å². The molecule has 1 heterocycles. The Morgan fingerprint density at radius 2 is 1.97 bits per heavy atom. The second kappa shape index (κ2) is 7.38. The molecule has 35 heavy (non-hydrogen) atoms. The number of hydrogen-bond acceptors (Lipinski definition) is 5. The highest BCUT2D eigenvalue weighted by molar-refractivity contribution is 6.74. The van der Waals surface area contributed by atoms with Crippen LogP contribution >= 0.6 is 0 Å². The van der Waals surface area contributed by atoms with E-state index in [2.05, 4.69) is 45.9 Å². The van der Waals surface area contributed by atoms with E-state index < -0.39 is 30.6 Å². The molecule has 4 aliphatic carbocycles. The molecule has 0 unspecified atom stereocenters.